The minimum absolute atomic E-state index is 0.389. The van der Waals surface area contributed by atoms with Crippen LogP contribution in [-0.2, 0) is 4.79 Å². The number of hydrogen-bond acceptors (Lipinski definition) is 3. The average molecular weight is 305 g/mol. The van der Waals surface area contributed by atoms with Crippen LogP contribution in [0.1, 0.15) is 12.5 Å². The van der Waals surface area contributed by atoms with Crippen molar-refractivity contribution in [3.8, 4) is 5.75 Å². The molecule has 1 N–H and O–H groups in total. The number of rotatable bonds is 6. The molecule has 0 saturated heterocycles. The standard InChI is InChI=1S/C14H18F3NO3/c1-10-4-3-5-12(8-10)21-11(2)13(20)18(6-7-19)9-14(15,16)17/h3-5,8,11,19H,6-7,9H2,1-2H3. The molecule has 118 valence electrons. The minimum Gasteiger partial charge on any atom is -0.481 e. The van der Waals surface area contributed by atoms with E-state index in [1.165, 1.54) is 6.92 Å². The Hall–Kier alpha value is -1.76. The number of ether oxygens (including phenoxy) is 1. The molecule has 1 rings (SSSR count). The maximum Gasteiger partial charge on any atom is 0.406 e. The fourth-order valence-electron chi connectivity index (χ4n) is 1.80. The molecule has 0 bridgehead atoms. The van der Waals surface area contributed by atoms with Crippen molar-refractivity contribution in [3.05, 3.63) is 29.8 Å². The SMILES string of the molecule is Cc1cccc(OC(C)C(=O)N(CCO)CC(F)(F)F)c1. The third-order valence-corrected chi connectivity index (χ3v) is 2.70. The summed E-state index contributed by atoms with van der Waals surface area (Å²) in [6, 6.07) is 6.87. The molecule has 4 nitrogen and oxygen atoms in total. The maximum atomic E-state index is 12.4. The van der Waals surface area contributed by atoms with Crippen molar-refractivity contribution < 1.29 is 27.8 Å². The number of carbonyl (C=O) groups is 1. The van der Waals surface area contributed by atoms with Crippen molar-refractivity contribution in [1.29, 1.82) is 0 Å². The van der Waals surface area contributed by atoms with Crippen LogP contribution >= 0.6 is 0 Å². The predicted molar refractivity (Wildman–Crippen MR) is 71.0 cm³/mol. The van der Waals surface area contributed by atoms with Crippen LogP contribution in [0.2, 0.25) is 0 Å². The Balaban J connectivity index is 2.73. The number of nitrogens with zero attached hydrogens (tertiary/aromatic N) is 1. The molecule has 0 aliphatic carbocycles. The molecule has 0 aliphatic heterocycles. The zero-order valence-corrected chi connectivity index (χ0v) is 11.9. The lowest BCUT2D eigenvalue weighted by Gasteiger charge is -2.26. The van der Waals surface area contributed by atoms with Gasteiger partial charge < -0.3 is 14.7 Å². The first-order chi connectivity index (χ1) is 9.73. The van der Waals surface area contributed by atoms with Gasteiger partial charge in [-0.1, -0.05) is 12.1 Å². The molecule has 0 saturated carbocycles. The second-order valence-electron chi connectivity index (χ2n) is 4.68. The van der Waals surface area contributed by atoms with E-state index in [2.05, 4.69) is 0 Å². The summed E-state index contributed by atoms with van der Waals surface area (Å²) in [7, 11) is 0. The Kier molecular flexibility index (Phi) is 6.02. The predicted octanol–water partition coefficient (Wildman–Crippen LogP) is 2.15. The molecule has 1 atom stereocenters. The van der Waals surface area contributed by atoms with Gasteiger partial charge in [-0.25, -0.2) is 0 Å². The lowest BCUT2D eigenvalue weighted by molar-refractivity contribution is -0.165. The summed E-state index contributed by atoms with van der Waals surface area (Å²) < 4.78 is 42.6. The summed E-state index contributed by atoms with van der Waals surface area (Å²) in [6.07, 6.45) is -5.59. The zero-order valence-electron chi connectivity index (χ0n) is 11.9. The van der Waals surface area contributed by atoms with E-state index in [-0.39, 0.29) is 6.54 Å². The third kappa shape index (κ3) is 6.03. The topological polar surface area (TPSA) is 49.8 Å². The summed E-state index contributed by atoms with van der Waals surface area (Å²) >= 11 is 0. The van der Waals surface area contributed by atoms with Crippen LogP contribution < -0.4 is 4.74 Å². The van der Waals surface area contributed by atoms with Gasteiger partial charge in [0.2, 0.25) is 0 Å². The zero-order chi connectivity index (χ0) is 16.0. The van der Waals surface area contributed by atoms with Crippen LogP contribution in [-0.4, -0.2) is 47.9 Å². The maximum absolute atomic E-state index is 12.4. The molecule has 0 heterocycles. The highest BCUT2D eigenvalue weighted by atomic mass is 19.4. The largest absolute Gasteiger partial charge is 0.481 e. The quantitative estimate of drug-likeness (QED) is 0.876. The number of aryl methyl sites for hydroxylation is 1. The normalized spacial score (nSPS) is 12.9. The van der Waals surface area contributed by atoms with E-state index in [0.717, 1.165) is 5.56 Å². The summed E-state index contributed by atoms with van der Waals surface area (Å²) in [5.74, 6) is -0.408. The molecule has 1 amide bonds. The molecule has 21 heavy (non-hydrogen) atoms. The van der Waals surface area contributed by atoms with Gasteiger partial charge in [-0.05, 0) is 31.5 Å². The molecule has 0 spiro atoms. The Morgan fingerprint density at radius 3 is 2.62 bits per heavy atom. The fourth-order valence-corrected chi connectivity index (χ4v) is 1.80. The van der Waals surface area contributed by atoms with Gasteiger partial charge in [-0.3, -0.25) is 4.79 Å². The lowest BCUT2D eigenvalue weighted by Crippen LogP contribution is -2.46. The van der Waals surface area contributed by atoms with Crippen molar-refractivity contribution in [1.82, 2.24) is 4.90 Å². The van der Waals surface area contributed by atoms with Crippen molar-refractivity contribution in [2.45, 2.75) is 26.1 Å². The highest BCUT2D eigenvalue weighted by Crippen LogP contribution is 2.19. The summed E-state index contributed by atoms with van der Waals surface area (Å²) in [5, 5.41) is 8.79. The van der Waals surface area contributed by atoms with Gasteiger partial charge in [0, 0.05) is 6.54 Å². The van der Waals surface area contributed by atoms with Crippen LogP contribution in [0.25, 0.3) is 0 Å². The number of carbonyl (C=O) groups excluding carboxylic acids is 1. The van der Waals surface area contributed by atoms with Crippen LogP contribution in [0.5, 0.6) is 5.75 Å². The second-order valence-corrected chi connectivity index (χ2v) is 4.68. The summed E-state index contributed by atoms with van der Waals surface area (Å²) in [6.45, 7) is 0.874. The van der Waals surface area contributed by atoms with Crippen molar-refractivity contribution in [2.24, 2.45) is 0 Å². The van der Waals surface area contributed by atoms with E-state index >= 15 is 0 Å². The molecule has 0 fully saturated rings. The van der Waals surface area contributed by atoms with Gasteiger partial charge in [0.1, 0.15) is 12.3 Å². The van der Waals surface area contributed by atoms with E-state index in [1.807, 2.05) is 13.0 Å². The van der Waals surface area contributed by atoms with Gasteiger partial charge in [-0.15, -0.1) is 0 Å². The molecule has 7 heteroatoms. The average Bonchev–Trinajstić information content (AvgIpc) is 2.35. The molecule has 0 aliphatic rings. The van der Waals surface area contributed by atoms with Gasteiger partial charge >= 0.3 is 6.18 Å². The third-order valence-electron chi connectivity index (χ3n) is 2.70. The van der Waals surface area contributed by atoms with Crippen LogP contribution in [0.15, 0.2) is 24.3 Å². The van der Waals surface area contributed by atoms with Crippen molar-refractivity contribution >= 4 is 5.91 Å². The lowest BCUT2D eigenvalue weighted by atomic mass is 10.2. The van der Waals surface area contributed by atoms with E-state index in [9.17, 15) is 18.0 Å². The number of aliphatic hydroxyl groups is 1. The molecule has 1 unspecified atom stereocenters. The van der Waals surface area contributed by atoms with Gasteiger partial charge in [0.05, 0.1) is 6.61 Å². The first-order valence-corrected chi connectivity index (χ1v) is 6.42. The smallest absolute Gasteiger partial charge is 0.406 e. The number of amides is 1. The highest BCUT2D eigenvalue weighted by molar-refractivity contribution is 5.81. The molecular formula is C14H18F3NO3. The van der Waals surface area contributed by atoms with E-state index in [4.69, 9.17) is 9.84 Å². The van der Waals surface area contributed by atoms with Crippen LogP contribution in [0, 0.1) is 6.92 Å². The molecule has 0 aromatic heterocycles. The Morgan fingerprint density at radius 2 is 2.10 bits per heavy atom. The Labute approximate surface area is 121 Å². The van der Waals surface area contributed by atoms with Crippen molar-refractivity contribution in [2.75, 3.05) is 19.7 Å². The van der Waals surface area contributed by atoms with Gasteiger partial charge in [0.15, 0.2) is 6.10 Å². The van der Waals surface area contributed by atoms with Gasteiger partial charge in [0.25, 0.3) is 5.91 Å². The molecule has 1 aromatic carbocycles. The van der Waals surface area contributed by atoms with Crippen molar-refractivity contribution in [3.63, 3.8) is 0 Å². The van der Waals surface area contributed by atoms with Crippen LogP contribution in [0.3, 0.4) is 0 Å². The van der Waals surface area contributed by atoms with E-state index < -0.39 is 31.3 Å². The number of hydrogen-bond donors (Lipinski definition) is 1. The minimum atomic E-state index is -4.52. The van der Waals surface area contributed by atoms with Gasteiger partial charge in [-0.2, -0.15) is 13.2 Å². The monoisotopic (exact) mass is 305 g/mol. The number of aliphatic hydroxyl groups excluding tert-OH is 1. The summed E-state index contributed by atoms with van der Waals surface area (Å²) in [5.41, 5.74) is 0.912. The molecule has 0 radical (unpaired) electrons. The first kappa shape index (κ1) is 17.3. The highest BCUT2D eigenvalue weighted by Gasteiger charge is 2.34. The van der Waals surface area contributed by atoms with E-state index in [1.54, 1.807) is 18.2 Å². The number of halogens is 3. The van der Waals surface area contributed by atoms with E-state index in [0.29, 0.717) is 10.6 Å². The Bertz CT molecular complexity index is 477. The molecular weight excluding hydrogens is 287 g/mol. The first-order valence-electron chi connectivity index (χ1n) is 6.42. The number of benzene rings is 1. The fraction of sp³-hybridized carbons (Fsp3) is 0.500. The molecule has 1 aromatic rings. The van der Waals surface area contributed by atoms with Crippen LogP contribution in [0.4, 0.5) is 13.2 Å². The number of alkyl halides is 3. The Morgan fingerprint density at radius 1 is 1.43 bits per heavy atom. The second kappa shape index (κ2) is 7.31. The summed E-state index contributed by atoms with van der Waals surface area (Å²) in [4.78, 5) is 12.5.